The lowest BCUT2D eigenvalue weighted by Crippen LogP contribution is -2.02. The molecule has 0 radical (unpaired) electrons. The zero-order valence-electron chi connectivity index (χ0n) is 9.23. The molecule has 1 aromatic carbocycles. The summed E-state index contributed by atoms with van der Waals surface area (Å²) in [6, 6.07) is 7.96. The van der Waals surface area contributed by atoms with Crippen LogP contribution in [0.2, 0.25) is 4.47 Å². The first-order valence-electron chi connectivity index (χ1n) is 5.30. The highest BCUT2D eigenvalue weighted by Crippen LogP contribution is 2.20. The number of benzene rings is 1. The quantitative estimate of drug-likeness (QED) is 0.907. The highest BCUT2D eigenvalue weighted by atomic mass is 35.5. The normalized spacial score (nSPS) is 10.5. The van der Waals surface area contributed by atoms with Gasteiger partial charge in [-0.15, -0.1) is 11.3 Å². The van der Waals surface area contributed by atoms with E-state index >= 15 is 0 Å². The summed E-state index contributed by atoms with van der Waals surface area (Å²) in [6.07, 6.45) is 2.63. The number of hydrogen-bond donors (Lipinski definition) is 1. The molecule has 0 fully saturated rings. The molecule has 0 amide bonds. The third-order valence-corrected chi connectivity index (χ3v) is 3.35. The summed E-state index contributed by atoms with van der Waals surface area (Å²) in [5, 5.41) is 0. The van der Waals surface area contributed by atoms with E-state index in [1.54, 1.807) is 6.20 Å². The van der Waals surface area contributed by atoms with E-state index in [0.717, 1.165) is 17.0 Å². The van der Waals surface area contributed by atoms with Crippen LogP contribution in [-0.4, -0.2) is 11.5 Å². The van der Waals surface area contributed by atoms with Crippen molar-refractivity contribution in [2.75, 3.05) is 6.54 Å². The summed E-state index contributed by atoms with van der Waals surface area (Å²) in [4.78, 5) is 4.97. The second kappa shape index (κ2) is 6.00. The van der Waals surface area contributed by atoms with Crippen LogP contribution in [0.25, 0.3) is 0 Å². The first-order valence-corrected chi connectivity index (χ1v) is 6.49. The number of halogens is 1. The second-order valence-corrected chi connectivity index (χ2v) is 5.25. The van der Waals surface area contributed by atoms with Gasteiger partial charge >= 0.3 is 0 Å². The Kier molecular flexibility index (Phi) is 4.36. The van der Waals surface area contributed by atoms with E-state index in [1.165, 1.54) is 16.9 Å². The van der Waals surface area contributed by atoms with Crippen LogP contribution in [0.1, 0.15) is 10.4 Å². The number of ether oxygens (including phenoxy) is 1. The fourth-order valence-electron chi connectivity index (χ4n) is 1.42. The maximum Gasteiger partial charge on any atom is 0.183 e. The number of rotatable bonds is 5. The maximum atomic E-state index is 5.74. The van der Waals surface area contributed by atoms with E-state index in [0.29, 0.717) is 17.6 Å². The molecule has 2 rings (SSSR count). The molecule has 17 heavy (non-hydrogen) atoms. The summed E-state index contributed by atoms with van der Waals surface area (Å²) >= 11 is 7.17. The minimum atomic E-state index is 0.501. The van der Waals surface area contributed by atoms with Crippen molar-refractivity contribution in [2.24, 2.45) is 5.73 Å². The highest BCUT2D eigenvalue weighted by molar-refractivity contribution is 7.15. The number of nitrogens with two attached hydrogens (primary N) is 1. The SMILES string of the molecule is NCCc1ccc(OCc2cnc(Cl)s2)cc1. The Hall–Kier alpha value is -1.10. The molecule has 0 atom stereocenters. The average Bonchev–Trinajstić information content (AvgIpc) is 2.75. The van der Waals surface area contributed by atoms with Crippen molar-refractivity contribution in [1.82, 2.24) is 4.98 Å². The maximum absolute atomic E-state index is 5.74. The van der Waals surface area contributed by atoms with Gasteiger partial charge in [-0.2, -0.15) is 0 Å². The summed E-state index contributed by atoms with van der Waals surface area (Å²) in [5.74, 6) is 0.843. The van der Waals surface area contributed by atoms with Gasteiger partial charge < -0.3 is 10.5 Å². The van der Waals surface area contributed by atoms with Gasteiger partial charge in [0, 0.05) is 6.20 Å². The van der Waals surface area contributed by atoms with Gasteiger partial charge in [0.15, 0.2) is 4.47 Å². The van der Waals surface area contributed by atoms with Gasteiger partial charge in [0.25, 0.3) is 0 Å². The van der Waals surface area contributed by atoms with E-state index in [1.807, 2.05) is 24.3 Å². The lowest BCUT2D eigenvalue weighted by Gasteiger charge is -2.05. The molecule has 0 aliphatic rings. The van der Waals surface area contributed by atoms with Gasteiger partial charge in [0.1, 0.15) is 12.4 Å². The molecule has 1 aromatic heterocycles. The lowest BCUT2D eigenvalue weighted by molar-refractivity contribution is 0.309. The molecule has 0 spiro atoms. The molecule has 0 saturated carbocycles. The number of aromatic nitrogens is 1. The zero-order valence-corrected chi connectivity index (χ0v) is 10.8. The Morgan fingerprint density at radius 2 is 2.06 bits per heavy atom. The van der Waals surface area contributed by atoms with Crippen molar-refractivity contribution >= 4 is 22.9 Å². The molecule has 0 aliphatic heterocycles. The van der Waals surface area contributed by atoms with Crippen LogP contribution in [-0.2, 0) is 13.0 Å². The van der Waals surface area contributed by atoms with Crippen LogP contribution in [0.15, 0.2) is 30.5 Å². The summed E-state index contributed by atoms with van der Waals surface area (Å²) in [6.45, 7) is 1.17. The van der Waals surface area contributed by atoms with E-state index in [4.69, 9.17) is 22.1 Å². The van der Waals surface area contributed by atoms with Gasteiger partial charge in [0.05, 0.1) is 4.88 Å². The minimum Gasteiger partial charge on any atom is -0.488 e. The average molecular weight is 269 g/mol. The molecular weight excluding hydrogens is 256 g/mol. The number of nitrogens with zero attached hydrogens (tertiary/aromatic N) is 1. The van der Waals surface area contributed by atoms with Crippen molar-refractivity contribution in [3.05, 3.63) is 45.4 Å². The lowest BCUT2D eigenvalue weighted by atomic mass is 10.1. The van der Waals surface area contributed by atoms with Crippen LogP contribution in [0.5, 0.6) is 5.75 Å². The molecule has 90 valence electrons. The summed E-state index contributed by atoms with van der Waals surface area (Å²) < 4.78 is 6.16. The van der Waals surface area contributed by atoms with Crippen molar-refractivity contribution in [3.8, 4) is 5.75 Å². The van der Waals surface area contributed by atoms with Crippen LogP contribution in [0, 0.1) is 0 Å². The first kappa shape index (κ1) is 12.4. The van der Waals surface area contributed by atoms with Gasteiger partial charge in [-0.25, -0.2) is 4.98 Å². The summed E-state index contributed by atoms with van der Waals surface area (Å²) in [5.41, 5.74) is 6.71. The van der Waals surface area contributed by atoms with Gasteiger partial charge in [0.2, 0.25) is 0 Å². The Labute approximate surface area is 109 Å². The third kappa shape index (κ3) is 3.70. The number of hydrogen-bond acceptors (Lipinski definition) is 4. The first-order chi connectivity index (χ1) is 8.28. The van der Waals surface area contributed by atoms with Crippen molar-refractivity contribution in [3.63, 3.8) is 0 Å². The molecule has 5 heteroatoms. The Bertz CT molecular complexity index is 470. The number of thiazole rings is 1. The van der Waals surface area contributed by atoms with Crippen LogP contribution in [0.3, 0.4) is 0 Å². The molecule has 2 N–H and O–H groups in total. The third-order valence-electron chi connectivity index (χ3n) is 2.26. The van der Waals surface area contributed by atoms with E-state index in [-0.39, 0.29) is 0 Å². The minimum absolute atomic E-state index is 0.501. The largest absolute Gasteiger partial charge is 0.488 e. The standard InChI is InChI=1S/C12H13ClN2OS/c13-12-15-7-11(17-12)8-16-10-3-1-9(2-4-10)5-6-14/h1-4,7H,5-6,8,14H2. The van der Waals surface area contributed by atoms with E-state index in [9.17, 15) is 0 Å². The summed E-state index contributed by atoms with van der Waals surface area (Å²) in [7, 11) is 0. The molecule has 0 unspecified atom stereocenters. The van der Waals surface area contributed by atoms with Crippen LogP contribution in [0.4, 0.5) is 0 Å². The zero-order chi connectivity index (χ0) is 12.1. The fraction of sp³-hybridized carbons (Fsp3) is 0.250. The smallest absolute Gasteiger partial charge is 0.183 e. The molecule has 0 aliphatic carbocycles. The molecular formula is C12H13ClN2OS. The molecule has 0 bridgehead atoms. The Morgan fingerprint density at radius 1 is 1.29 bits per heavy atom. The van der Waals surface area contributed by atoms with Gasteiger partial charge in [-0.3, -0.25) is 0 Å². The Morgan fingerprint density at radius 3 is 2.65 bits per heavy atom. The topological polar surface area (TPSA) is 48.1 Å². The van der Waals surface area contributed by atoms with Crippen LogP contribution < -0.4 is 10.5 Å². The van der Waals surface area contributed by atoms with E-state index in [2.05, 4.69) is 4.98 Å². The molecule has 1 heterocycles. The molecule has 2 aromatic rings. The predicted octanol–water partition coefficient (Wildman–Crippen LogP) is 2.88. The van der Waals surface area contributed by atoms with Gasteiger partial charge in [-0.05, 0) is 30.7 Å². The van der Waals surface area contributed by atoms with Gasteiger partial charge in [-0.1, -0.05) is 23.7 Å². The van der Waals surface area contributed by atoms with Crippen molar-refractivity contribution < 1.29 is 4.74 Å². The molecule has 3 nitrogen and oxygen atoms in total. The monoisotopic (exact) mass is 268 g/mol. The predicted molar refractivity (Wildman–Crippen MR) is 70.7 cm³/mol. The highest BCUT2D eigenvalue weighted by Gasteiger charge is 2.01. The van der Waals surface area contributed by atoms with Crippen molar-refractivity contribution in [2.45, 2.75) is 13.0 Å². The van der Waals surface area contributed by atoms with Crippen LogP contribution >= 0.6 is 22.9 Å². The Balaban J connectivity index is 1.90. The fourth-order valence-corrected chi connectivity index (χ4v) is 2.31. The van der Waals surface area contributed by atoms with E-state index < -0.39 is 0 Å². The molecule has 0 saturated heterocycles. The second-order valence-electron chi connectivity index (χ2n) is 3.55. The van der Waals surface area contributed by atoms with Crippen molar-refractivity contribution in [1.29, 1.82) is 0 Å².